The fraction of sp³-hybridized carbons (Fsp3) is 0.375. The monoisotopic (exact) mass is 169 g/mol. The van der Waals surface area contributed by atoms with E-state index < -0.39 is 0 Å². The van der Waals surface area contributed by atoms with Crippen molar-refractivity contribution in [1.29, 1.82) is 0 Å². The lowest BCUT2D eigenvalue weighted by molar-refractivity contribution is 0.143. The molecule has 1 aliphatic heterocycles. The fourth-order valence-corrected chi connectivity index (χ4v) is 0.866. The fourth-order valence-electron chi connectivity index (χ4n) is 0.866. The van der Waals surface area contributed by atoms with Crippen LogP contribution in [0.1, 0.15) is 0 Å². The molecule has 0 unspecified atom stereocenters. The molecule has 1 rings (SSSR count). The Morgan fingerprint density at radius 1 is 1.75 bits per heavy atom. The number of allylic oxidation sites excluding steroid dienone is 1. The van der Waals surface area contributed by atoms with Crippen molar-refractivity contribution >= 4 is 6.09 Å². The largest absolute Gasteiger partial charge is 0.497 e. The van der Waals surface area contributed by atoms with Gasteiger partial charge in [0.1, 0.15) is 6.61 Å². The highest BCUT2D eigenvalue weighted by molar-refractivity contribution is 5.70. The standard InChI is InChI=1S/C8H11NO3/c1-9(8(10)11-2)7-3-5-12-6-4-7/h3-5H,6H2,1-2H3. The van der Waals surface area contributed by atoms with Crippen molar-refractivity contribution in [2.75, 3.05) is 20.8 Å². The molecule has 0 aliphatic carbocycles. The van der Waals surface area contributed by atoms with Crippen LogP contribution in [0.25, 0.3) is 0 Å². The van der Waals surface area contributed by atoms with Gasteiger partial charge in [0, 0.05) is 12.7 Å². The predicted molar refractivity (Wildman–Crippen MR) is 43.3 cm³/mol. The van der Waals surface area contributed by atoms with Crippen molar-refractivity contribution in [1.82, 2.24) is 4.90 Å². The van der Waals surface area contributed by atoms with Gasteiger partial charge >= 0.3 is 6.09 Å². The van der Waals surface area contributed by atoms with Crippen molar-refractivity contribution < 1.29 is 14.3 Å². The van der Waals surface area contributed by atoms with Gasteiger partial charge in [-0.05, 0) is 12.2 Å². The lowest BCUT2D eigenvalue weighted by Gasteiger charge is -2.18. The molecule has 0 aromatic heterocycles. The zero-order valence-corrected chi connectivity index (χ0v) is 7.11. The second kappa shape index (κ2) is 3.80. The van der Waals surface area contributed by atoms with Crippen LogP contribution in [-0.2, 0) is 9.47 Å². The van der Waals surface area contributed by atoms with Crippen molar-refractivity contribution in [2.24, 2.45) is 0 Å². The van der Waals surface area contributed by atoms with Crippen LogP contribution in [0, 0.1) is 0 Å². The minimum absolute atomic E-state index is 0.382. The van der Waals surface area contributed by atoms with Gasteiger partial charge in [0.05, 0.1) is 13.4 Å². The summed E-state index contributed by atoms with van der Waals surface area (Å²) in [4.78, 5) is 12.4. The molecule has 0 atom stereocenters. The van der Waals surface area contributed by atoms with Gasteiger partial charge in [-0.1, -0.05) is 0 Å². The first-order chi connectivity index (χ1) is 5.75. The lowest BCUT2D eigenvalue weighted by Crippen LogP contribution is -2.25. The van der Waals surface area contributed by atoms with Gasteiger partial charge in [0.25, 0.3) is 0 Å². The topological polar surface area (TPSA) is 38.8 Å². The maximum Gasteiger partial charge on any atom is 0.413 e. The summed E-state index contributed by atoms with van der Waals surface area (Å²) in [6.07, 6.45) is 4.68. The highest BCUT2D eigenvalue weighted by Gasteiger charge is 2.12. The number of hydrogen-bond donors (Lipinski definition) is 0. The molecule has 12 heavy (non-hydrogen) atoms. The van der Waals surface area contributed by atoms with Gasteiger partial charge in [-0.25, -0.2) is 4.79 Å². The Morgan fingerprint density at radius 3 is 3.00 bits per heavy atom. The summed E-state index contributed by atoms with van der Waals surface area (Å²) in [5, 5.41) is 0. The SMILES string of the molecule is COC(=O)N(C)C1=CCOC=C1. The van der Waals surface area contributed by atoms with E-state index in [-0.39, 0.29) is 6.09 Å². The summed E-state index contributed by atoms with van der Waals surface area (Å²) in [5.74, 6) is 0. The van der Waals surface area contributed by atoms with Gasteiger partial charge in [0.15, 0.2) is 0 Å². The molecule has 0 aromatic carbocycles. The molecule has 1 amide bonds. The molecule has 0 saturated heterocycles. The molecule has 4 nitrogen and oxygen atoms in total. The number of likely N-dealkylation sites (N-methyl/N-ethyl adjacent to an activating group) is 1. The summed E-state index contributed by atoms with van der Waals surface area (Å²) in [6, 6.07) is 0. The van der Waals surface area contributed by atoms with Crippen molar-refractivity contribution in [3.05, 3.63) is 24.1 Å². The van der Waals surface area contributed by atoms with Crippen molar-refractivity contribution in [3.63, 3.8) is 0 Å². The number of nitrogens with zero attached hydrogens (tertiary/aromatic N) is 1. The molecule has 1 heterocycles. The number of amides is 1. The zero-order chi connectivity index (χ0) is 8.97. The molecule has 0 fully saturated rings. The smallest absolute Gasteiger partial charge is 0.413 e. The molecular formula is C8H11NO3. The molecule has 0 aromatic rings. The van der Waals surface area contributed by atoms with E-state index in [4.69, 9.17) is 4.74 Å². The lowest BCUT2D eigenvalue weighted by atomic mass is 10.3. The van der Waals surface area contributed by atoms with E-state index in [0.29, 0.717) is 6.61 Å². The summed E-state index contributed by atoms with van der Waals surface area (Å²) in [7, 11) is 3.00. The third kappa shape index (κ3) is 1.78. The maximum absolute atomic E-state index is 11.0. The van der Waals surface area contributed by atoms with Crippen LogP contribution in [-0.4, -0.2) is 31.8 Å². The van der Waals surface area contributed by atoms with Gasteiger partial charge < -0.3 is 9.47 Å². The van der Waals surface area contributed by atoms with Crippen LogP contribution in [0.3, 0.4) is 0 Å². The van der Waals surface area contributed by atoms with Gasteiger partial charge in [-0.3, -0.25) is 4.90 Å². The first-order valence-corrected chi connectivity index (χ1v) is 3.55. The first kappa shape index (κ1) is 8.64. The quantitative estimate of drug-likeness (QED) is 0.590. The number of hydrogen-bond acceptors (Lipinski definition) is 3. The van der Waals surface area contributed by atoms with E-state index in [1.54, 1.807) is 25.5 Å². The van der Waals surface area contributed by atoms with E-state index >= 15 is 0 Å². The summed E-state index contributed by atoms with van der Waals surface area (Å²) >= 11 is 0. The highest BCUT2D eigenvalue weighted by Crippen LogP contribution is 2.08. The Bertz CT molecular complexity index is 232. The Morgan fingerprint density at radius 2 is 2.50 bits per heavy atom. The van der Waals surface area contributed by atoms with E-state index in [2.05, 4.69) is 4.74 Å². The Labute approximate surface area is 71.1 Å². The van der Waals surface area contributed by atoms with Crippen molar-refractivity contribution in [2.45, 2.75) is 0 Å². The molecule has 4 heteroatoms. The highest BCUT2D eigenvalue weighted by atomic mass is 16.5. The number of ether oxygens (including phenoxy) is 2. The molecule has 0 radical (unpaired) electrons. The molecule has 1 aliphatic rings. The third-order valence-corrected chi connectivity index (χ3v) is 1.56. The maximum atomic E-state index is 11.0. The minimum atomic E-state index is -0.382. The molecule has 0 saturated carbocycles. The molecular weight excluding hydrogens is 158 g/mol. The summed E-state index contributed by atoms with van der Waals surface area (Å²) in [5.41, 5.74) is 0.785. The van der Waals surface area contributed by atoms with Crippen LogP contribution in [0.15, 0.2) is 24.1 Å². The second-order valence-electron chi connectivity index (χ2n) is 2.29. The van der Waals surface area contributed by atoms with E-state index in [1.807, 2.05) is 0 Å². The first-order valence-electron chi connectivity index (χ1n) is 3.55. The van der Waals surface area contributed by atoms with Gasteiger partial charge in [0.2, 0.25) is 0 Å². The molecule has 0 spiro atoms. The number of carbonyl (C=O) groups excluding carboxylic acids is 1. The third-order valence-electron chi connectivity index (χ3n) is 1.56. The van der Waals surface area contributed by atoms with Crippen molar-refractivity contribution in [3.8, 4) is 0 Å². The average molecular weight is 169 g/mol. The predicted octanol–water partition coefficient (Wildman–Crippen LogP) is 1.11. The van der Waals surface area contributed by atoms with Gasteiger partial charge in [-0.15, -0.1) is 0 Å². The Hall–Kier alpha value is -1.45. The van der Waals surface area contributed by atoms with Gasteiger partial charge in [-0.2, -0.15) is 0 Å². The van der Waals surface area contributed by atoms with Crippen LogP contribution < -0.4 is 0 Å². The van der Waals surface area contributed by atoms with Crippen LogP contribution in [0.5, 0.6) is 0 Å². The molecule has 66 valence electrons. The number of methoxy groups -OCH3 is 1. The Kier molecular flexibility index (Phi) is 2.74. The number of carbonyl (C=O) groups is 1. The normalized spacial score (nSPS) is 14.7. The zero-order valence-electron chi connectivity index (χ0n) is 7.11. The average Bonchev–Trinajstić information content (AvgIpc) is 2.17. The van der Waals surface area contributed by atoms with Crippen LogP contribution in [0.2, 0.25) is 0 Å². The van der Waals surface area contributed by atoms with E-state index in [0.717, 1.165) is 5.70 Å². The van der Waals surface area contributed by atoms with Crippen LogP contribution in [0.4, 0.5) is 4.79 Å². The van der Waals surface area contributed by atoms with E-state index in [9.17, 15) is 4.79 Å². The summed E-state index contributed by atoms with van der Waals surface area (Å²) < 4.78 is 9.46. The minimum Gasteiger partial charge on any atom is -0.497 e. The van der Waals surface area contributed by atoms with Crippen LogP contribution >= 0.6 is 0 Å². The molecule has 0 bridgehead atoms. The Balaban J connectivity index is 2.63. The molecule has 0 N–H and O–H groups in total. The summed E-state index contributed by atoms with van der Waals surface area (Å²) in [6.45, 7) is 0.493. The number of rotatable bonds is 1. The second-order valence-corrected chi connectivity index (χ2v) is 2.29. The van der Waals surface area contributed by atoms with E-state index in [1.165, 1.54) is 12.0 Å².